The molecular weight excluding hydrogens is 190 g/mol. The van der Waals surface area contributed by atoms with E-state index in [0.717, 1.165) is 17.7 Å². The van der Waals surface area contributed by atoms with Crippen molar-refractivity contribution in [1.82, 2.24) is 0 Å². The van der Waals surface area contributed by atoms with Gasteiger partial charge in [-0.15, -0.1) is 0 Å². The number of carbonyl (C=O) groups is 2. The quantitative estimate of drug-likeness (QED) is 0.684. The lowest BCUT2D eigenvalue weighted by molar-refractivity contribution is -0.136. The van der Waals surface area contributed by atoms with Crippen LogP contribution in [-0.4, -0.2) is 18.2 Å². The Bertz CT molecular complexity index is 412. The zero-order valence-corrected chi connectivity index (χ0v) is 8.69. The van der Waals surface area contributed by atoms with Crippen molar-refractivity contribution in [2.45, 2.75) is 19.8 Å². The van der Waals surface area contributed by atoms with E-state index < -0.39 is 0 Å². The standard InChI is InChI=1S/C12H13NO2/c1-2-11(14)12(15)13-8-7-9-5-3-4-6-10(9)13/h3-6H,2,7-8H2,1H3. The number of Topliss-reactive ketones (excluding diaryl/α,β-unsaturated/α-hetero) is 1. The summed E-state index contributed by atoms with van der Waals surface area (Å²) in [6.07, 6.45) is 1.12. The number of para-hydroxylation sites is 1. The van der Waals surface area contributed by atoms with E-state index in [4.69, 9.17) is 0 Å². The molecular formula is C12H13NO2. The number of hydrogen-bond donors (Lipinski definition) is 0. The first kappa shape index (κ1) is 9.90. The van der Waals surface area contributed by atoms with Gasteiger partial charge in [0, 0.05) is 18.7 Å². The number of benzene rings is 1. The number of hydrogen-bond acceptors (Lipinski definition) is 2. The molecule has 1 heterocycles. The topological polar surface area (TPSA) is 37.4 Å². The summed E-state index contributed by atoms with van der Waals surface area (Å²) in [5.74, 6) is -0.686. The van der Waals surface area contributed by atoms with Gasteiger partial charge in [-0.3, -0.25) is 9.59 Å². The van der Waals surface area contributed by atoms with E-state index in [9.17, 15) is 9.59 Å². The Morgan fingerprint density at radius 2 is 2.07 bits per heavy atom. The number of amides is 1. The number of nitrogens with zero attached hydrogens (tertiary/aromatic N) is 1. The lowest BCUT2D eigenvalue weighted by Crippen LogP contribution is -2.34. The predicted octanol–water partition coefficient (Wildman–Crippen LogP) is 1.55. The molecule has 0 fully saturated rings. The monoisotopic (exact) mass is 203 g/mol. The molecule has 3 heteroatoms. The van der Waals surface area contributed by atoms with Crippen LogP contribution in [0, 0.1) is 0 Å². The third kappa shape index (κ3) is 1.65. The average molecular weight is 203 g/mol. The average Bonchev–Trinajstić information content (AvgIpc) is 2.70. The van der Waals surface area contributed by atoms with Crippen molar-refractivity contribution >= 4 is 17.4 Å². The van der Waals surface area contributed by atoms with Gasteiger partial charge in [-0.2, -0.15) is 0 Å². The van der Waals surface area contributed by atoms with Gasteiger partial charge in [0.2, 0.25) is 5.78 Å². The van der Waals surface area contributed by atoms with Gasteiger partial charge >= 0.3 is 0 Å². The van der Waals surface area contributed by atoms with Crippen molar-refractivity contribution < 1.29 is 9.59 Å². The van der Waals surface area contributed by atoms with Crippen molar-refractivity contribution in [1.29, 1.82) is 0 Å². The largest absolute Gasteiger partial charge is 0.305 e. The lowest BCUT2D eigenvalue weighted by atomic mass is 10.2. The highest BCUT2D eigenvalue weighted by Gasteiger charge is 2.27. The molecule has 0 bridgehead atoms. The normalized spacial score (nSPS) is 13.8. The maximum atomic E-state index is 11.7. The van der Waals surface area contributed by atoms with Gasteiger partial charge < -0.3 is 4.90 Å². The third-order valence-electron chi connectivity index (χ3n) is 2.69. The minimum atomic E-state index is -0.373. The molecule has 1 aromatic carbocycles. The molecule has 0 radical (unpaired) electrons. The fraction of sp³-hybridized carbons (Fsp3) is 0.333. The first-order valence-electron chi connectivity index (χ1n) is 5.16. The number of fused-ring (bicyclic) bond motifs is 1. The highest BCUT2D eigenvalue weighted by Crippen LogP contribution is 2.27. The van der Waals surface area contributed by atoms with Crippen LogP contribution in [0.25, 0.3) is 0 Å². The van der Waals surface area contributed by atoms with Crippen molar-refractivity contribution in [2.24, 2.45) is 0 Å². The lowest BCUT2D eigenvalue weighted by Gasteiger charge is -2.15. The van der Waals surface area contributed by atoms with Crippen molar-refractivity contribution in [2.75, 3.05) is 11.4 Å². The molecule has 0 saturated heterocycles. The Morgan fingerprint density at radius 1 is 1.33 bits per heavy atom. The van der Waals surface area contributed by atoms with Crippen molar-refractivity contribution in [3.8, 4) is 0 Å². The van der Waals surface area contributed by atoms with Crippen LogP contribution in [0.3, 0.4) is 0 Å². The summed E-state index contributed by atoms with van der Waals surface area (Å²) in [5.41, 5.74) is 2.04. The van der Waals surface area contributed by atoms with Crippen LogP contribution in [0.1, 0.15) is 18.9 Å². The zero-order chi connectivity index (χ0) is 10.8. The second-order valence-corrected chi connectivity index (χ2v) is 3.61. The van der Waals surface area contributed by atoms with Crippen LogP contribution in [0.2, 0.25) is 0 Å². The number of ketones is 1. The molecule has 0 atom stereocenters. The van der Waals surface area contributed by atoms with Crippen LogP contribution in [0.15, 0.2) is 24.3 Å². The third-order valence-corrected chi connectivity index (χ3v) is 2.69. The minimum Gasteiger partial charge on any atom is -0.305 e. The molecule has 0 saturated carbocycles. The second-order valence-electron chi connectivity index (χ2n) is 3.61. The van der Waals surface area contributed by atoms with Gasteiger partial charge in [0.1, 0.15) is 0 Å². The molecule has 1 aliphatic heterocycles. The van der Waals surface area contributed by atoms with Crippen LogP contribution < -0.4 is 4.90 Å². The van der Waals surface area contributed by atoms with Crippen molar-refractivity contribution in [3.63, 3.8) is 0 Å². The summed E-state index contributed by atoms with van der Waals surface area (Å²) in [5, 5.41) is 0. The molecule has 78 valence electrons. The number of rotatable bonds is 2. The summed E-state index contributed by atoms with van der Waals surface area (Å²) in [4.78, 5) is 24.6. The molecule has 0 unspecified atom stereocenters. The molecule has 1 aliphatic rings. The Balaban J connectivity index is 2.28. The Morgan fingerprint density at radius 3 is 2.80 bits per heavy atom. The number of carbonyl (C=O) groups excluding carboxylic acids is 2. The molecule has 2 rings (SSSR count). The molecule has 1 amide bonds. The van der Waals surface area contributed by atoms with Gasteiger partial charge in [-0.1, -0.05) is 25.1 Å². The van der Waals surface area contributed by atoms with Crippen molar-refractivity contribution in [3.05, 3.63) is 29.8 Å². The van der Waals surface area contributed by atoms with Gasteiger partial charge in [0.15, 0.2) is 0 Å². The highest BCUT2D eigenvalue weighted by atomic mass is 16.2. The van der Waals surface area contributed by atoms with E-state index in [0.29, 0.717) is 6.54 Å². The van der Waals surface area contributed by atoms with Gasteiger partial charge in [0.25, 0.3) is 5.91 Å². The first-order chi connectivity index (χ1) is 7.24. The molecule has 0 aliphatic carbocycles. The van der Waals surface area contributed by atoms with Crippen LogP contribution in [-0.2, 0) is 16.0 Å². The molecule has 15 heavy (non-hydrogen) atoms. The van der Waals surface area contributed by atoms with E-state index in [1.165, 1.54) is 0 Å². The van der Waals surface area contributed by atoms with E-state index in [-0.39, 0.29) is 18.1 Å². The molecule has 3 nitrogen and oxygen atoms in total. The van der Waals surface area contributed by atoms with E-state index in [1.54, 1.807) is 11.8 Å². The second kappa shape index (κ2) is 3.85. The number of anilines is 1. The van der Waals surface area contributed by atoms with E-state index in [2.05, 4.69) is 0 Å². The smallest absolute Gasteiger partial charge is 0.294 e. The molecule has 0 spiro atoms. The Hall–Kier alpha value is -1.64. The Kier molecular flexibility index (Phi) is 2.54. The molecule has 0 aromatic heterocycles. The Labute approximate surface area is 88.7 Å². The zero-order valence-electron chi connectivity index (χ0n) is 8.69. The van der Waals surface area contributed by atoms with Gasteiger partial charge in [-0.25, -0.2) is 0 Å². The first-order valence-corrected chi connectivity index (χ1v) is 5.16. The van der Waals surface area contributed by atoms with Crippen LogP contribution in [0.5, 0.6) is 0 Å². The summed E-state index contributed by atoms with van der Waals surface area (Å²) in [6.45, 7) is 2.34. The van der Waals surface area contributed by atoms with Gasteiger partial charge in [0.05, 0.1) is 0 Å². The minimum absolute atomic E-state index is 0.275. The highest BCUT2D eigenvalue weighted by molar-refractivity contribution is 6.41. The SMILES string of the molecule is CCC(=O)C(=O)N1CCc2ccccc21. The fourth-order valence-electron chi connectivity index (χ4n) is 1.85. The van der Waals surface area contributed by atoms with E-state index >= 15 is 0 Å². The summed E-state index contributed by atoms with van der Waals surface area (Å²) in [6, 6.07) is 7.73. The molecule has 1 aromatic rings. The predicted molar refractivity (Wildman–Crippen MR) is 57.8 cm³/mol. The van der Waals surface area contributed by atoms with Crippen LogP contribution >= 0.6 is 0 Å². The summed E-state index contributed by atoms with van der Waals surface area (Å²) in [7, 11) is 0. The maximum absolute atomic E-state index is 11.7. The summed E-state index contributed by atoms with van der Waals surface area (Å²) < 4.78 is 0. The summed E-state index contributed by atoms with van der Waals surface area (Å²) >= 11 is 0. The van der Waals surface area contributed by atoms with E-state index in [1.807, 2.05) is 24.3 Å². The maximum Gasteiger partial charge on any atom is 0.294 e. The van der Waals surface area contributed by atoms with Gasteiger partial charge in [-0.05, 0) is 18.1 Å². The molecule has 0 N–H and O–H groups in total. The fourth-order valence-corrected chi connectivity index (χ4v) is 1.85. The van der Waals surface area contributed by atoms with Crippen LogP contribution in [0.4, 0.5) is 5.69 Å².